The zero-order valence-electron chi connectivity index (χ0n) is 13.4. The number of anilines is 1. The van der Waals surface area contributed by atoms with Gasteiger partial charge >= 0.3 is 0 Å². The molecule has 1 saturated heterocycles. The van der Waals surface area contributed by atoms with Gasteiger partial charge in [0.25, 0.3) is 5.56 Å². The number of imidazole rings is 1. The molecule has 3 heterocycles. The van der Waals surface area contributed by atoms with Gasteiger partial charge in [-0.2, -0.15) is 4.98 Å². The Hall–Kier alpha value is -2.01. The SMILES string of the molecule is CC(C)Cn1c(N)nc2c(ncn2[C@@H]2O[C@H](CO)[C@@H](O)[C@H]2O)c1=O. The molecule has 10 heteroatoms. The van der Waals surface area contributed by atoms with E-state index in [1.807, 2.05) is 13.8 Å². The lowest BCUT2D eigenvalue weighted by Gasteiger charge is -2.17. The lowest BCUT2D eigenvalue weighted by atomic mass is 10.1. The number of aliphatic hydroxyl groups excluding tert-OH is 3. The van der Waals surface area contributed by atoms with Gasteiger partial charge in [0, 0.05) is 6.54 Å². The van der Waals surface area contributed by atoms with Crippen molar-refractivity contribution in [1.82, 2.24) is 19.1 Å². The first kappa shape index (κ1) is 16.8. The van der Waals surface area contributed by atoms with Crippen LogP contribution in [0, 0.1) is 5.92 Å². The first-order chi connectivity index (χ1) is 11.3. The first-order valence-electron chi connectivity index (χ1n) is 7.70. The van der Waals surface area contributed by atoms with Crippen molar-refractivity contribution in [2.45, 2.75) is 44.9 Å². The number of nitrogen functional groups attached to an aromatic ring is 1. The predicted octanol–water partition coefficient (Wildman–Crippen LogP) is -1.56. The molecular formula is C14H21N5O5. The number of hydrogen-bond acceptors (Lipinski definition) is 8. The van der Waals surface area contributed by atoms with Crippen LogP contribution in [0.15, 0.2) is 11.1 Å². The number of hydrogen-bond donors (Lipinski definition) is 4. The van der Waals surface area contributed by atoms with Crippen LogP contribution in [-0.4, -0.2) is 59.3 Å². The van der Waals surface area contributed by atoms with Crippen molar-refractivity contribution in [3.8, 4) is 0 Å². The van der Waals surface area contributed by atoms with Crippen LogP contribution in [0.25, 0.3) is 11.2 Å². The molecule has 1 fully saturated rings. The summed E-state index contributed by atoms with van der Waals surface area (Å²) in [4.78, 5) is 20.8. The van der Waals surface area contributed by atoms with Crippen molar-refractivity contribution in [2.24, 2.45) is 5.92 Å². The van der Waals surface area contributed by atoms with Gasteiger partial charge < -0.3 is 25.8 Å². The van der Waals surface area contributed by atoms with Gasteiger partial charge in [-0.15, -0.1) is 0 Å². The molecule has 1 aliphatic heterocycles. The van der Waals surface area contributed by atoms with Crippen LogP contribution in [0.4, 0.5) is 5.95 Å². The van der Waals surface area contributed by atoms with Gasteiger partial charge in [-0.05, 0) is 5.92 Å². The molecule has 3 rings (SSSR count). The second kappa shape index (κ2) is 6.13. The van der Waals surface area contributed by atoms with Gasteiger partial charge in [0.15, 0.2) is 17.4 Å². The summed E-state index contributed by atoms with van der Waals surface area (Å²) < 4.78 is 8.14. The van der Waals surface area contributed by atoms with Gasteiger partial charge in [-0.25, -0.2) is 4.98 Å². The number of fused-ring (bicyclic) bond motifs is 1. The number of nitrogens with two attached hydrogens (primary N) is 1. The standard InChI is InChI=1S/C14H21N5O5/c1-6(2)3-18-12(23)8-11(17-14(18)15)19(5-16-8)13-10(22)9(21)7(4-20)24-13/h5-7,9-10,13,20-22H,3-4H2,1-2H3,(H2,15,17)/t7-,9-,10-,13-/m1/s1. The number of aliphatic hydroxyl groups is 3. The molecule has 0 amide bonds. The largest absolute Gasteiger partial charge is 0.394 e. The van der Waals surface area contributed by atoms with Crippen molar-refractivity contribution in [3.63, 3.8) is 0 Å². The Morgan fingerprint density at radius 1 is 1.38 bits per heavy atom. The third kappa shape index (κ3) is 2.57. The Balaban J connectivity index is 2.08. The van der Waals surface area contributed by atoms with E-state index in [2.05, 4.69) is 9.97 Å². The van der Waals surface area contributed by atoms with Gasteiger partial charge in [-0.1, -0.05) is 13.8 Å². The molecule has 2 aromatic rings. The normalized spacial score (nSPS) is 27.4. The number of nitrogens with zero attached hydrogens (tertiary/aromatic N) is 4. The molecule has 0 aliphatic carbocycles. The Morgan fingerprint density at radius 2 is 2.08 bits per heavy atom. The average Bonchev–Trinajstić information content (AvgIpc) is 3.06. The Kier molecular flexibility index (Phi) is 4.30. The summed E-state index contributed by atoms with van der Waals surface area (Å²) in [6.07, 6.45) is -3.19. The van der Waals surface area contributed by atoms with Crippen LogP contribution in [0.2, 0.25) is 0 Å². The molecular weight excluding hydrogens is 318 g/mol. The van der Waals surface area contributed by atoms with E-state index in [-0.39, 0.29) is 28.6 Å². The minimum Gasteiger partial charge on any atom is -0.394 e. The highest BCUT2D eigenvalue weighted by Gasteiger charge is 2.44. The maximum atomic E-state index is 12.6. The summed E-state index contributed by atoms with van der Waals surface area (Å²) in [7, 11) is 0. The zero-order chi connectivity index (χ0) is 17.6. The summed E-state index contributed by atoms with van der Waals surface area (Å²) in [5.41, 5.74) is 5.78. The second-order valence-corrected chi connectivity index (χ2v) is 6.33. The van der Waals surface area contributed by atoms with Crippen LogP contribution >= 0.6 is 0 Å². The van der Waals surface area contributed by atoms with E-state index >= 15 is 0 Å². The number of rotatable bonds is 4. The monoisotopic (exact) mass is 339 g/mol. The maximum absolute atomic E-state index is 12.6. The molecule has 5 N–H and O–H groups in total. The van der Waals surface area contributed by atoms with Crippen LogP contribution in [-0.2, 0) is 11.3 Å². The van der Waals surface area contributed by atoms with Crippen LogP contribution in [0.5, 0.6) is 0 Å². The maximum Gasteiger partial charge on any atom is 0.283 e. The summed E-state index contributed by atoms with van der Waals surface area (Å²) in [5.74, 6) is 0.237. The molecule has 132 valence electrons. The van der Waals surface area contributed by atoms with E-state index in [1.54, 1.807) is 0 Å². The minimum absolute atomic E-state index is 0.0368. The molecule has 1 aliphatic rings. The molecule has 0 unspecified atom stereocenters. The van der Waals surface area contributed by atoms with Gasteiger partial charge in [0.05, 0.1) is 12.9 Å². The van der Waals surface area contributed by atoms with E-state index in [4.69, 9.17) is 10.5 Å². The highest BCUT2D eigenvalue weighted by Crippen LogP contribution is 2.30. The fraction of sp³-hybridized carbons (Fsp3) is 0.643. The van der Waals surface area contributed by atoms with Crippen molar-refractivity contribution in [3.05, 3.63) is 16.7 Å². The lowest BCUT2D eigenvalue weighted by molar-refractivity contribution is -0.0511. The zero-order valence-corrected chi connectivity index (χ0v) is 13.4. The quantitative estimate of drug-likeness (QED) is 0.523. The summed E-state index contributed by atoms with van der Waals surface area (Å²) >= 11 is 0. The molecule has 10 nitrogen and oxygen atoms in total. The fourth-order valence-electron chi connectivity index (χ4n) is 2.85. The number of ether oxygens (including phenoxy) is 1. The molecule has 0 bridgehead atoms. The van der Waals surface area contributed by atoms with E-state index in [0.717, 1.165) is 0 Å². The Bertz CT molecular complexity index is 801. The second-order valence-electron chi connectivity index (χ2n) is 6.33. The Labute approximate surface area is 137 Å². The molecule has 0 radical (unpaired) electrons. The fourth-order valence-corrected chi connectivity index (χ4v) is 2.85. The third-order valence-electron chi connectivity index (χ3n) is 4.05. The smallest absolute Gasteiger partial charge is 0.283 e. The first-order valence-corrected chi connectivity index (χ1v) is 7.70. The number of aromatic nitrogens is 4. The molecule has 0 spiro atoms. The molecule has 24 heavy (non-hydrogen) atoms. The van der Waals surface area contributed by atoms with Crippen LogP contribution in [0.1, 0.15) is 20.1 Å². The lowest BCUT2D eigenvalue weighted by Crippen LogP contribution is -2.33. The average molecular weight is 339 g/mol. The van der Waals surface area contributed by atoms with Crippen molar-refractivity contribution in [2.75, 3.05) is 12.3 Å². The third-order valence-corrected chi connectivity index (χ3v) is 4.05. The summed E-state index contributed by atoms with van der Waals surface area (Å²) in [6.45, 7) is 3.87. The van der Waals surface area contributed by atoms with Gasteiger partial charge in [0.1, 0.15) is 18.3 Å². The highest BCUT2D eigenvalue weighted by atomic mass is 16.6. The van der Waals surface area contributed by atoms with Crippen molar-refractivity contribution >= 4 is 17.1 Å². The topological polar surface area (TPSA) is 149 Å². The molecule has 0 aromatic carbocycles. The van der Waals surface area contributed by atoms with Crippen molar-refractivity contribution in [1.29, 1.82) is 0 Å². The molecule has 4 atom stereocenters. The van der Waals surface area contributed by atoms with E-state index < -0.39 is 31.1 Å². The van der Waals surface area contributed by atoms with Gasteiger partial charge in [0.2, 0.25) is 5.95 Å². The summed E-state index contributed by atoms with van der Waals surface area (Å²) in [5, 5.41) is 29.2. The minimum atomic E-state index is -1.29. The van der Waals surface area contributed by atoms with E-state index in [9.17, 15) is 20.1 Å². The molecule has 2 aromatic heterocycles. The predicted molar refractivity (Wildman–Crippen MR) is 84.0 cm³/mol. The van der Waals surface area contributed by atoms with E-state index in [1.165, 1.54) is 15.5 Å². The van der Waals surface area contributed by atoms with E-state index in [0.29, 0.717) is 6.54 Å². The van der Waals surface area contributed by atoms with Crippen LogP contribution < -0.4 is 11.3 Å². The van der Waals surface area contributed by atoms with Crippen molar-refractivity contribution < 1.29 is 20.1 Å². The Morgan fingerprint density at radius 3 is 2.67 bits per heavy atom. The van der Waals surface area contributed by atoms with Crippen LogP contribution in [0.3, 0.4) is 0 Å². The van der Waals surface area contributed by atoms with Gasteiger partial charge in [-0.3, -0.25) is 13.9 Å². The summed E-state index contributed by atoms with van der Waals surface area (Å²) in [6, 6.07) is 0. The molecule has 0 saturated carbocycles. The highest BCUT2D eigenvalue weighted by molar-refractivity contribution is 5.71.